The molecule has 0 fully saturated rings. The van der Waals surface area contributed by atoms with E-state index in [0.29, 0.717) is 12.8 Å². The molecule has 0 radical (unpaired) electrons. The van der Waals surface area contributed by atoms with Gasteiger partial charge in [-0.15, -0.1) is 0 Å². The Morgan fingerprint density at radius 3 is 1.37 bits per heavy atom. The Labute approximate surface area is 118 Å². The summed E-state index contributed by atoms with van der Waals surface area (Å²) >= 11 is 0. The van der Waals surface area contributed by atoms with Crippen LogP contribution < -0.4 is 5.32 Å². The molecule has 0 aliphatic rings. The minimum absolute atomic E-state index is 0.111. The summed E-state index contributed by atoms with van der Waals surface area (Å²) in [7, 11) is 5.23. The van der Waals surface area contributed by atoms with Gasteiger partial charge in [-0.25, -0.2) is 0 Å². The Hall–Kier alpha value is -1.06. The van der Waals surface area contributed by atoms with E-state index < -0.39 is 0 Å². The highest BCUT2D eigenvalue weighted by atomic mass is 16.2. The zero-order chi connectivity index (χ0) is 15.9. The molecule has 0 atom stereocenters. The van der Waals surface area contributed by atoms with E-state index >= 15 is 0 Å². The summed E-state index contributed by atoms with van der Waals surface area (Å²) in [5.74, 6) is 0.315. The average molecular weight is 272 g/mol. The van der Waals surface area contributed by atoms with Gasteiger partial charge in [0.1, 0.15) is 0 Å². The highest BCUT2D eigenvalue weighted by Gasteiger charge is 2.16. The lowest BCUT2D eigenvalue weighted by Gasteiger charge is -2.19. The summed E-state index contributed by atoms with van der Waals surface area (Å²) in [6.07, 6.45) is 1.23. The number of carbonyl (C=O) groups is 2. The Kier molecular flexibility index (Phi) is 8.72. The minimum Gasteiger partial charge on any atom is -0.359 e. The molecule has 1 N–H and O–H groups in total. The van der Waals surface area contributed by atoms with Crippen molar-refractivity contribution in [2.24, 2.45) is 10.8 Å². The van der Waals surface area contributed by atoms with Crippen molar-refractivity contribution in [1.29, 1.82) is 0 Å². The van der Waals surface area contributed by atoms with Crippen LogP contribution >= 0.6 is 0 Å². The molecule has 4 nitrogen and oxygen atoms in total. The smallest absolute Gasteiger partial charge is 0.222 e. The molecule has 0 aromatic rings. The Bertz CT molecular complexity index is 284. The van der Waals surface area contributed by atoms with Crippen LogP contribution in [-0.2, 0) is 9.59 Å². The number of hydrogen-bond donors (Lipinski definition) is 1. The van der Waals surface area contributed by atoms with Crippen molar-refractivity contribution >= 4 is 11.8 Å². The van der Waals surface area contributed by atoms with Gasteiger partial charge in [0.15, 0.2) is 0 Å². The van der Waals surface area contributed by atoms with Crippen LogP contribution in [0.1, 0.15) is 54.4 Å². The monoisotopic (exact) mass is 272 g/mol. The molecule has 0 unspecified atom stereocenters. The van der Waals surface area contributed by atoms with Gasteiger partial charge >= 0.3 is 0 Å². The molecule has 0 aliphatic carbocycles. The quantitative estimate of drug-likeness (QED) is 0.840. The van der Waals surface area contributed by atoms with Crippen LogP contribution in [-0.4, -0.2) is 37.9 Å². The molecular weight excluding hydrogens is 240 g/mol. The van der Waals surface area contributed by atoms with Crippen LogP contribution in [0.25, 0.3) is 0 Å². The molecule has 4 heteroatoms. The van der Waals surface area contributed by atoms with Gasteiger partial charge < -0.3 is 10.2 Å². The summed E-state index contributed by atoms with van der Waals surface area (Å²) in [5, 5.41) is 2.58. The van der Waals surface area contributed by atoms with Crippen molar-refractivity contribution < 1.29 is 9.59 Å². The molecule has 0 bridgehead atoms. The highest BCUT2D eigenvalue weighted by Crippen LogP contribution is 2.18. The summed E-state index contributed by atoms with van der Waals surface area (Å²) in [5.41, 5.74) is 0.224. The predicted octanol–water partition coefficient (Wildman–Crippen LogP) is 2.68. The SMILES string of the molecule is CN(C)C(=O)CC(C)(C)C.CNC(=O)CC(C)(C)C. The molecule has 0 rings (SSSR count). The first-order valence-corrected chi connectivity index (χ1v) is 6.69. The average Bonchev–Trinajstić information content (AvgIpc) is 2.13. The van der Waals surface area contributed by atoms with Crippen LogP contribution in [0.5, 0.6) is 0 Å². The van der Waals surface area contributed by atoms with Crippen molar-refractivity contribution in [1.82, 2.24) is 10.2 Å². The van der Waals surface area contributed by atoms with Gasteiger partial charge in [-0.05, 0) is 10.8 Å². The van der Waals surface area contributed by atoms with Crippen molar-refractivity contribution in [2.45, 2.75) is 54.4 Å². The number of amides is 2. The number of rotatable bonds is 2. The molecule has 0 saturated carbocycles. The molecule has 19 heavy (non-hydrogen) atoms. The van der Waals surface area contributed by atoms with Crippen molar-refractivity contribution in [3.63, 3.8) is 0 Å². The Morgan fingerprint density at radius 1 is 0.895 bits per heavy atom. The van der Waals surface area contributed by atoms with Gasteiger partial charge in [0.2, 0.25) is 11.8 Å². The van der Waals surface area contributed by atoms with E-state index in [-0.39, 0.29) is 22.6 Å². The van der Waals surface area contributed by atoms with Crippen LogP contribution in [0.3, 0.4) is 0 Å². The topological polar surface area (TPSA) is 49.4 Å². The van der Waals surface area contributed by atoms with Gasteiger partial charge in [0.25, 0.3) is 0 Å². The third kappa shape index (κ3) is 16.9. The summed E-state index contributed by atoms with van der Waals surface area (Å²) < 4.78 is 0. The molecule has 0 aliphatic heterocycles. The van der Waals surface area contributed by atoms with Gasteiger partial charge in [-0.1, -0.05) is 41.5 Å². The van der Waals surface area contributed by atoms with E-state index in [4.69, 9.17) is 0 Å². The van der Waals surface area contributed by atoms with Crippen molar-refractivity contribution in [3.8, 4) is 0 Å². The highest BCUT2D eigenvalue weighted by molar-refractivity contribution is 5.76. The maximum atomic E-state index is 11.1. The van der Waals surface area contributed by atoms with E-state index in [9.17, 15) is 9.59 Å². The van der Waals surface area contributed by atoms with E-state index in [0.717, 1.165) is 0 Å². The van der Waals surface area contributed by atoms with E-state index in [1.165, 1.54) is 0 Å². The number of nitrogens with one attached hydrogen (secondary N) is 1. The third-order valence-electron chi connectivity index (χ3n) is 2.15. The minimum atomic E-state index is 0.111. The van der Waals surface area contributed by atoms with Gasteiger partial charge in [-0.3, -0.25) is 9.59 Å². The van der Waals surface area contributed by atoms with Gasteiger partial charge in [0, 0.05) is 34.0 Å². The fourth-order valence-electron chi connectivity index (χ4n) is 1.18. The van der Waals surface area contributed by atoms with Crippen LogP contribution in [0, 0.1) is 10.8 Å². The van der Waals surface area contributed by atoms with Crippen LogP contribution in [0.4, 0.5) is 0 Å². The second kappa shape index (κ2) is 8.18. The maximum Gasteiger partial charge on any atom is 0.222 e. The second-order valence-corrected chi connectivity index (χ2v) is 7.44. The lowest BCUT2D eigenvalue weighted by molar-refractivity contribution is -0.130. The first-order valence-electron chi connectivity index (χ1n) is 6.69. The largest absolute Gasteiger partial charge is 0.359 e. The summed E-state index contributed by atoms with van der Waals surface area (Å²) in [6.45, 7) is 12.3. The van der Waals surface area contributed by atoms with Gasteiger partial charge in [0.05, 0.1) is 0 Å². The molecule has 0 aromatic heterocycles. The number of carbonyl (C=O) groups excluding carboxylic acids is 2. The van der Waals surface area contributed by atoms with E-state index in [1.807, 2.05) is 20.8 Å². The predicted molar refractivity (Wildman–Crippen MR) is 80.9 cm³/mol. The maximum absolute atomic E-state index is 11.1. The molecule has 2 amide bonds. The Morgan fingerprint density at radius 2 is 1.26 bits per heavy atom. The standard InChI is InChI=1S/C8H17NO.C7H15NO/c1-8(2,3)6-7(10)9(4)5;1-7(2,3)5-6(9)8-4/h6H2,1-5H3;5H2,1-4H3,(H,8,9). The van der Waals surface area contributed by atoms with Crippen LogP contribution in [0.15, 0.2) is 0 Å². The lowest BCUT2D eigenvalue weighted by Crippen LogP contribution is -2.26. The lowest BCUT2D eigenvalue weighted by atomic mass is 9.92. The van der Waals surface area contributed by atoms with E-state index in [2.05, 4.69) is 26.1 Å². The van der Waals surface area contributed by atoms with Crippen molar-refractivity contribution in [2.75, 3.05) is 21.1 Å². The third-order valence-corrected chi connectivity index (χ3v) is 2.15. The zero-order valence-corrected chi connectivity index (χ0v) is 14.2. The molecule has 114 valence electrons. The molecular formula is C15H32N2O2. The van der Waals surface area contributed by atoms with E-state index in [1.54, 1.807) is 26.0 Å². The molecule has 0 heterocycles. The molecule has 0 aromatic carbocycles. The van der Waals surface area contributed by atoms with Gasteiger partial charge in [-0.2, -0.15) is 0 Å². The Balaban J connectivity index is 0. The van der Waals surface area contributed by atoms with Crippen molar-refractivity contribution in [3.05, 3.63) is 0 Å². The second-order valence-electron chi connectivity index (χ2n) is 7.44. The summed E-state index contributed by atoms with van der Waals surface area (Å²) in [6, 6.07) is 0. The zero-order valence-electron chi connectivity index (χ0n) is 14.2. The molecule has 0 saturated heterocycles. The number of hydrogen-bond acceptors (Lipinski definition) is 2. The summed E-state index contributed by atoms with van der Waals surface area (Å²) in [4.78, 5) is 23.4. The number of nitrogens with zero attached hydrogens (tertiary/aromatic N) is 1. The fraction of sp³-hybridized carbons (Fsp3) is 0.867. The van der Waals surface area contributed by atoms with Crippen LogP contribution in [0.2, 0.25) is 0 Å². The molecule has 0 spiro atoms. The first kappa shape index (κ1) is 20.3. The fourth-order valence-corrected chi connectivity index (χ4v) is 1.18. The normalized spacial score (nSPS) is 11.2. The first-order chi connectivity index (χ1) is 8.28.